The highest BCUT2D eigenvalue weighted by atomic mass is 35.5. The fourth-order valence-electron chi connectivity index (χ4n) is 2.45. The molecule has 0 bridgehead atoms. The number of benzene rings is 1. The van der Waals surface area contributed by atoms with Crippen molar-refractivity contribution in [1.29, 1.82) is 0 Å². The molecule has 1 aromatic carbocycles. The van der Waals surface area contributed by atoms with E-state index in [9.17, 15) is 9.18 Å². The van der Waals surface area contributed by atoms with Crippen molar-refractivity contribution in [3.63, 3.8) is 0 Å². The van der Waals surface area contributed by atoms with E-state index in [1.165, 1.54) is 29.5 Å². The summed E-state index contributed by atoms with van der Waals surface area (Å²) in [6, 6.07) is 4.17. The fraction of sp³-hybridized carbons (Fsp3) is 0.375. The Kier molecular flexibility index (Phi) is 5.78. The molecule has 128 valence electrons. The van der Waals surface area contributed by atoms with Crippen LogP contribution in [-0.4, -0.2) is 42.1 Å². The maximum atomic E-state index is 13.7. The normalized spacial score (nSPS) is 15.4. The minimum Gasteiger partial charge on any atom is -0.379 e. The monoisotopic (exact) mass is 369 g/mol. The minimum absolute atomic E-state index is 0.0969. The van der Waals surface area contributed by atoms with Gasteiger partial charge in [0.1, 0.15) is 10.8 Å². The molecule has 0 spiro atoms. The highest BCUT2D eigenvalue weighted by Gasteiger charge is 2.16. The van der Waals surface area contributed by atoms with Crippen LogP contribution in [0.3, 0.4) is 0 Å². The number of halogens is 2. The summed E-state index contributed by atoms with van der Waals surface area (Å²) in [5.74, 6) is -1.17. The predicted octanol–water partition coefficient (Wildman–Crippen LogP) is 2.70. The topological polar surface area (TPSA) is 54.5 Å². The Labute approximate surface area is 148 Å². The van der Waals surface area contributed by atoms with Crippen LogP contribution >= 0.6 is 22.9 Å². The molecule has 24 heavy (non-hydrogen) atoms. The van der Waals surface area contributed by atoms with Gasteiger partial charge in [-0.05, 0) is 12.1 Å². The molecule has 2 heterocycles. The second kappa shape index (κ2) is 8.02. The zero-order chi connectivity index (χ0) is 16.9. The van der Waals surface area contributed by atoms with Gasteiger partial charge in [0.05, 0.1) is 36.0 Å². The second-order valence-corrected chi connectivity index (χ2v) is 6.75. The first-order chi connectivity index (χ1) is 11.6. The molecule has 1 aliphatic heterocycles. The number of amides is 1. The maximum Gasteiger partial charge on any atom is 0.256 e. The molecule has 1 N–H and O–H groups in total. The van der Waals surface area contributed by atoms with Crippen LogP contribution in [0.4, 0.5) is 4.39 Å². The predicted molar refractivity (Wildman–Crippen MR) is 90.8 cm³/mol. The third kappa shape index (κ3) is 4.30. The van der Waals surface area contributed by atoms with Gasteiger partial charge in [0, 0.05) is 25.0 Å². The lowest BCUT2D eigenvalue weighted by atomic mass is 10.2. The third-order valence-corrected chi connectivity index (χ3v) is 4.89. The number of morpholine rings is 1. The lowest BCUT2D eigenvalue weighted by Crippen LogP contribution is -2.35. The first-order valence-corrected chi connectivity index (χ1v) is 8.85. The standard InChI is InChI=1S/C16H17ClFN3O2S/c17-12-2-1-3-13(18)15(12)16(22)19-8-14-20-11(10-24-14)9-21-4-6-23-7-5-21/h1-3,10H,4-9H2,(H,19,22). The largest absolute Gasteiger partial charge is 0.379 e. The van der Waals surface area contributed by atoms with Crippen LogP contribution < -0.4 is 5.32 Å². The minimum atomic E-state index is -0.632. The van der Waals surface area contributed by atoms with E-state index in [4.69, 9.17) is 16.3 Å². The van der Waals surface area contributed by atoms with E-state index in [2.05, 4.69) is 15.2 Å². The number of nitrogens with zero attached hydrogens (tertiary/aromatic N) is 2. The van der Waals surface area contributed by atoms with Gasteiger partial charge in [0.25, 0.3) is 5.91 Å². The van der Waals surface area contributed by atoms with Crippen molar-refractivity contribution < 1.29 is 13.9 Å². The van der Waals surface area contributed by atoms with Gasteiger partial charge in [-0.15, -0.1) is 11.3 Å². The lowest BCUT2D eigenvalue weighted by Gasteiger charge is -2.25. The molecule has 1 fully saturated rings. The number of nitrogens with one attached hydrogen (secondary N) is 1. The molecule has 1 aliphatic rings. The molecule has 0 aliphatic carbocycles. The molecule has 3 rings (SSSR count). The Morgan fingerprint density at radius 3 is 2.96 bits per heavy atom. The Balaban J connectivity index is 1.56. The van der Waals surface area contributed by atoms with Crippen molar-refractivity contribution in [3.05, 3.63) is 50.7 Å². The SMILES string of the molecule is O=C(NCc1nc(CN2CCOCC2)cs1)c1c(F)cccc1Cl. The molecular formula is C16H17ClFN3O2S. The highest BCUT2D eigenvalue weighted by molar-refractivity contribution is 7.09. The van der Waals surface area contributed by atoms with E-state index in [1.807, 2.05) is 5.38 Å². The van der Waals surface area contributed by atoms with Crippen LogP contribution in [0.1, 0.15) is 21.1 Å². The van der Waals surface area contributed by atoms with Gasteiger partial charge >= 0.3 is 0 Å². The molecule has 1 saturated heterocycles. The van der Waals surface area contributed by atoms with Crippen molar-refractivity contribution in [1.82, 2.24) is 15.2 Å². The van der Waals surface area contributed by atoms with Gasteiger partial charge in [-0.3, -0.25) is 9.69 Å². The summed E-state index contributed by atoms with van der Waals surface area (Å²) in [7, 11) is 0. The van der Waals surface area contributed by atoms with Crippen LogP contribution in [0.25, 0.3) is 0 Å². The summed E-state index contributed by atoms with van der Waals surface area (Å²) in [5, 5.41) is 5.52. The summed E-state index contributed by atoms with van der Waals surface area (Å²) in [6.45, 7) is 4.31. The van der Waals surface area contributed by atoms with Crippen LogP contribution in [0.15, 0.2) is 23.6 Å². The molecule has 2 aromatic rings. The quantitative estimate of drug-likeness (QED) is 0.880. The Morgan fingerprint density at radius 1 is 1.42 bits per heavy atom. The average molecular weight is 370 g/mol. The van der Waals surface area contributed by atoms with E-state index in [0.29, 0.717) is 0 Å². The van der Waals surface area contributed by atoms with E-state index in [0.717, 1.165) is 43.5 Å². The van der Waals surface area contributed by atoms with Gasteiger partial charge in [-0.25, -0.2) is 9.37 Å². The second-order valence-electron chi connectivity index (χ2n) is 5.40. The molecule has 0 unspecified atom stereocenters. The molecular weight excluding hydrogens is 353 g/mol. The zero-order valence-corrected chi connectivity index (χ0v) is 14.5. The number of ether oxygens (including phenoxy) is 1. The van der Waals surface area contributed by atoms with E-state index in [1.54, 1.807) is 0 Å². The Morgan fingerprint density at radius 2 is 2.21 bits per heavy atom. The van der Waals surface area contributed by atoms with Gasteiger partial charge in [-0.2, -0.15) is 0 Å². The molecule has 0 saturated carbocycles. The van der Waals surface area contributed by atoms with Crippen molar-refractivity contribution in [3.8, 4) is 0 Å². The smallest absolute Gasteiger partial charge is 0.256 e. The Bertz CT molecular complexity index is 699. The van der Waals surface area contributed by atoms with Crippen LogP contribution in [-0.2, 0) is 17.8 Å². The summed E-state index contributed by atoms with van der Waals surface area (Å²) < 4.78 is 19.0. The number of hydrogen-bond acceptors (Lipinski definition) is 5. The summed E-state index contributed by atoms with van der Waals surface area (Å²) in [5.41, 5.74) is 0.833. The van der Waals surface area contributed by atoms with E-state index in [-0.39, 0.29) is 17.1 Å². The molecule has 0 radical (unpaired) electrons. The highest BCUT2D eigenvalue weighted by Crippen LogP contribution is 2.19. The van der Waals surface area contributed by atoms with Crippen molar-refractivity contribution in [2.45, 2.75) is 13.1 Å². The number of carbonyl (C=O) groups is 1. The first-order valence-electron chi connectivity index (χ1n) is 7.59. The molecule has 1 aromatic heterocycles. The average Bonchev–Trinajstić information content (AvgIpc) is 3.01. The van der Waals surface area contributed by atoms with Gasteiger partial charge < -0.3 is 10.1 Å². The lowest BCUT2D eigenvalue weighted by molar-refractivity contribution is 0.0337. The molecule has 1 amide bonds. The number of carbonyl (C=O) groups excluding carboxylic acids is 1. The van der Waals surface area contributed by atoms with Gasteiger partial charge in [-0.1, -0.05) is 17.7 Å². The maximum absolute atomic E-state index is 13.7. The van der Waals surface area contributed by atoms with Crippen LogP contribution in [0.2, 0.25) is 5.02 Å². The summed E-state index contributed by atoms with van der Waals surface area (Å²) >= 11 is 7.36. The third-order valence-electron chi connectivity index (χ3n) is 3.68. The zero-order valence-electron chi connectivity index (χ0n) is 12.9. The van der Waals surface area contributed by atoms with E-state index >= 15 is 0 Å². The molecule has 8 heteroatoms. The summed E-state index contributed by atoms with van der Waals surface area (Å²) in [4.78, 5) is 18.9. The molecule has 0 atom stereocenters. The number of rotatable bonds is 5. The first kappa shape index (κ1) is 17.3. The van der Waals surface area contributed by atoms with Crippen LogP contribution in [0.5, 0.6) is 0 Å². The number of hydrogen-bond donors (Lipinski definition) is 1. The van der Waals surface area contributed by atoms with Crippen molar-refractivity contribution >= 4 is 28.8 Å². The summed E-state index contributed by atoms with van der Waals surface area (Å²) in [6.07, 6.45) is 0. The number of thiazole rings is 1. The van der Waals surface area contributed by atoms with Gasteiger partial charge in [0.2, 0.25) is 0 Å². The van der Waals surface area contributed by atoms with Crippen LogP contribution in [0, 0.1) is 5.82 Å². The van der Waals surface area contributed by atoms with E-state index < -0.39 is 11.7 Å². The van der Waals surface area contributed by atoms with Crippen molar-refractivity contribution in [2.24, 2.45) is 0 Å². The fourth-order valence-corrected chi connectivity index (χ4v) is 3.42. The number of aromatic nitrogens is 1. The van der Waals surface area contributed by atoms with Crippen molar-refractivity contribution in [2.75, 3.05) is 26.3 Å². The van der Waals surface area contributed by atoms with Gasteiger partial charge in [0.15, 0.2) is 0 Å². The Hall–Kier alpha value is -1.54. The molecule has 5 nitrogen and oxygen atoms in total.